The molecule has 0 radical (unpaired) electrons. The summed E-state index contributed by atoms with van der Waals surface area (Å²) in [4.78, 5) is 11.4. The molecule has 0 bridgehead atoms. The number of benzene rings is 1. The van der Waals surface area contributed by atoms with Gasteiger partial charge in [-0.1, -0.05) is 22.0 Å². The van der Waals surface area contributed by atoms with Crippen molar-refractivity contribution in [2.45, 2.75) is 13.8 Å². The fraction of sp³-hybridized carbons (Fsp3) is 0.250. The number of aromatic nitrogens is 2. The monoisotopic (exact) mass is 310 g/mol. The number of nitrogens with zero attached hydrogens (tertiary/aromatic N) is 2. The molecule has 2 aromatic rings. The highest BCUT2D eigenvalue weighted by Crippen LogP contribution is 2.27. The van der Waals surface area contributed by atoms with Gasteiger partial charge >= 0.3 is 11.9 Å². The van der Waals surface area contributed by atoms with Gasteiger partial charge in [-0.05, 0) is 31.5 Å². The van der Waals surface area contributed by atoms with Crippen LogP contribution in [0, 0.1) is 6.92 Å². The molecular weight excluding hydrogens is 300 g/mol. The number of hydrogen-bond donors (Lipinski definition) is 0. The molecule has 0 saturated carbocycles. The smallest absolute Gasteiger partial charge is 0.396 e. The first-order valence-corrected chi connectivity index (χ1v) is 6.19. The third kappa shape index (κ3) is 2.43. The third-order valence-corrected chi connectivity index (χ3v) is 3.23. The number of rotatable bonds is 3. The number of carbonyl (C=O) groups excluding carboxylic acids is 1. The summed E-state index contributed by atoms with van der Waals surface area (Å²) in [5.74, 6) is -0.438. The van der Waals surface area contributed by atoms with Crippen molar-refractivity contribution in [2.24, 2.45) is 0 Å². The Balaban J connectivity index is 2.35. The van der Waals surface area contributed by atoms with E-state index >= 15 is 0 Å². The fourth-order valence-corrected chi connectivity index (χ4v) is 1.81. The van der Waals surface area contributed by atoms with Crippen LogP contribution in [0.15, 0.2) is 27.1 Å². The van der Waals surface area contributed by atoms with E-state index in [1.807, 2.05) is 25.1 Å². The van der Waals surface area contributed by atoms with Crippen LogP contribution in [0.4, 0.5) is 0 Å². The van der Waals surface area contributed by atoms with E-state index in [4.69, 9.17) is 9.15 Å². The summed E-state index contributed by atoms with van der Waals surface area (Å²) in [6.45, 7) is 3.91. The molecule has 0 saturated heterocycles. The molecule has 0 amide bonds. The molecule has 6 heteroatoms. The minimum atomic E-state index is -0.608. The van der Waals surface area contributed by atoms with Crippen LogP contribution >= 0.6 is 15.9 Å². The van der Waals surface area contributed by atoms with Crippen LogP contribution in [-0.2, 0) is 4.74 Å². The van der Waals surface area contributed by atoms with Gasteiger partial charge in [-0.25, -0.2) is 4.79 Å². The SMILES string of the molecule is CCOC(=O)c1nnc(-c2cccc(Br)c2C)o1. The first-order chi connectivity index (χ1) is 8.63. The van der Waals surface area contributed by atoms with Crippen LogP contribution in [-0.4, -0.2) is 22.8 Å². The summed E-state index contributed by atoms with van der Waals surface area (Å²) in [5.41, 5.74) is 1.75. The first-order valence-electron chi connectivity index (χ1n) is 5.39. The molecular formula is C12H11BrN2O3. The number of esters is 1. The highest BCUT2D eigenvalue weighted by molar-refractivity contribution is 9.10. The largest absolute Gasteiger partial charge is 0.459 e. The van der Waals surface area contributed by atoms with Gasteiger partial charge < -0.3 is 9.15 Å². The highest BCUT2D eigenvalue weighted by atomic mass is 79.9. The standard InChI is InChI=1S/C12H11BrN2O3/c1-3-17-12(16)11-15-14-10(18-11)8-5-4-6-9(13)7(8)2/h4-6H,3H2,1-2H3. The van der Waals surface area contributed by atoms with Gasteiger partial charge in [0.2, 0.25) is 5.89 Å². The van der Waals surface area contributed by atoms with Crippen LogP contribution in [0.2, 0.25) is 0 Å². The topological polar surface area (TPSA) is 65.2 Å². The first kappa shape index (κ1) is 12.8. The number of hydrogen-bond acceptors (Lipinski definition) is 5. The van der Waals surface area contributed by atoms with Gasteiger partial charge in [0.05, 0.1) is 6.61 Å². The lowest BCUT2D eigenvalue weighted by Gasteiger charge is -2.02. The van der Waals surface area contributed by atoms with Gasteiger partial charge in [-0.3, -0.25) is 0 Å². The molecule has 94 valence electrons. The molecule has 18 heavy (non-hydrogen) atoms. The second-order valence-corrected chi connectivity index (χ2v) is 4.40. The molecule has 0 spiro atoms. The molecule has 1 heterocycles. The van der Waals surface area contributed by atoms with Crippen LogP contribution in [0.3, 0.4) is 0 Å². The lowest BCUT2D eigenvalue weighted by molar-refractivity contribution is 0.0481. The minimum Gasteiger partial charge on any atom is -0.459 e. The maximum atomic E-state index is 11.4. The zero-order valence-electron chi connectivity index (χ0n) is 9.94. The highest BCUT2D eigenvalue weighted by Gasteiger charge is 2.18. The van der Waals surface area contributed by atoms with Crippen molar-refractivity contribution in [2.75, 3.05) is 6.61 Å². The molecule has 0 atom stereocenters. The van der Waals surface area contributed by atoms with Gasteiger partial charge in [0, 0.05) is 10.0 Å². The van der Waals surface area contributed by atoms with Gasteiger partial charge in [-0.2, -0.15) is 0 Å². The predicted molar refractivity (Wildman–Crippen MR) is 68.1 cm³/mol. The molecule has 0 aliphatic heterocycles. The summed E-state index contributed by atoms with van der Waals surface area (Å²) in [6.07, 6.45) is 0. The Morgan fingerprint density at radius 1 is 1.44 bits per heavy atom. The molecule has 5 nitrogen and oxygen atoms in total. The van der Waals surface area contributed by atoms with E-state index in [1.165, 1.54) is 0 Å². The number of halogens is 1. The molecule has 2 rings (SSSR count). The van der Waals surface area contributed by atoms with Crippen molar-refractivity contribution in [3.63, 3.8) is 0 Å². The van der Waals surface area contributed by atoms with Gasteiger partial charge in [-0.15, -0.1) is 10.2 Å². The van der Waals surface area contributed by atoms with E-state index in [0.29, 0.717) is 5.89 Å². The minimum absolute atomic E-state index is 0.133. The van der Waals surface area contributed by atoms with Crippen molar-refractivity contribution in [1.82, 2.24) is 10.2 Å². The van der Waals surface area contributed by atoms with Crippen LogP contribution < -0.4 is 0 Å². The van der Waals surface area contributed by atoms with Gasteiger partial charge in [0.1, 0.15) is 0 Å². The zero-order chi connectivity index (χ0) is 13.1. The van der Waals surface area contributed by atoms with Crippen LogP contribution in [0.1, 0.15) is 23.2 Å². The Bertz CT molecular complexity index is 580. The van der Waals surface area contributed by atoms with Crippen molar-refractivity contribution in [1.29, 1.82) is 0 Å². The van der Waals surface area contributed by atoms with Crippen molar-refractivity contribution < 1.29 is 13.9 Å². The lowest BCUT2D eigenvalue weighted by atomic mass is 10.1. The Morgan fingerprint density at radius 2 is 2.22 bits per heavy atom. The average molecular weight is 311 g/mol. The maximum Gasteiger partial charge on any atom is 0.396 e. The van der Waals surface area contributed by atoms with Gasteiger partial charge in [0.25, 0.3) is 0 Å². The molecule has 1 aromatic heterocycles. The summed E-state index contributed by atoms with van der Waals surface area (Å²) < 4.78 is 11.0. The van der Waals surface area contributed by atoms with E-state index in [9.17, 15) is 4.79 Å². The molecule has 0 fully saturated rings. The van der Waals surface area contributed by atoms with E-state index in [-0.39, 0.29) is 12.5 Å². The van der Waals surface area contributed by atoms with Crippen molar-refractivity contribution in [3.8, 4) is 11.5 Å². The molecule has 0 N–H and O–H groups in total. The Kier molecular flexibility index (Phi) is 3.76. The molecule has 0 aliphatic carbocycles. The van der Waals surface area contributed by atoms with E-state index in [2.05, 4.69) is 26.1 Å². The van der Waals surface area contributed by atoms with E-state index in [0.717, 1.165) is 15.6 Å². The Labute approximate surface area is 112 Å². The fourth-order valence-electron chi connectivity index (χ4n) is 1.45. The zero-order valence-corrected chi connectivity index (χ0v) is 11.5. The van der Waals surface area contributed by atoms with E-state index in [1.54, 1.807) is 6.92 Å². The molecule has 0 unspecified atom stereocenters. The quantitative estimate of drug-likeness (QED) is 0.815. The summed E-state index contributed by atoms with van der Waals surface area (Å²) in [7, 11) is 0. The van der Waals surface area contributed by atoms with Gasteiger partial charge in [0.15, 0.2) is 0 Å². The summed E-state index contributed by atoms with van der Waals surface area (Å²) in [5, 5.41) is 7.53. The Hall–Kier alpha value is -1.69. The molecule has 1 aromatic carbocycles. The normalized spacial score (nSPS) is 10.4. The maximum absolute atomic E-state index is 11.4. The van der Waals surface area contributed by atoms with E-state index < -0.39 is 5.97 Å². The lowest BCUT2D eigenvalue weighted by Crippen LogP contribution is -2.04. The summed E-state index contributed by atoms with van der Waals surface area (Å²) >= 11 is 3.42. The Morgan fingerprint density at radius 3 is 2.94 bits per heavy atom. The molecule has 0 aliphatic rings. The van der Waals surface area contributed by atoms with Crippen molar-refractivity contribution >= 4 is 21.9 Å². The number of ether oxygens (including phenoxy) is 1. The summed E-state index contributed by atoms with van der Waals surface area (Å²) in [6, 6.07) is 5.63. The average Bonchev–Trinajstić information content (AvgIpc) is 2.82. The van der Waals surface area contributed by atoms with Crippen molar-refractivity contribution in [3.05, 3.63) is 34.1 Å². The second-order valence-electron chi connectivity index (χ2n) is 3.55. The van der Waals surface area contributed by atoms with Crippen LogP contribution in [0.5, 0.6) is 0 Å². The third-order valence-electron chi connectivity index (χ3n) is 2.37. The predicted octanol–water partition coefficient (Wildman–Crippen LogP) is 2.98. The second kappa shape index (κ2) is 5.30. The number of carbonyl (C=O) groups is 1. The van der Waals surface area contributed by atoms with Crippen LogP contribution in [0.25, 0.3) is 11.5 Å².